The summed E-state index contributed by atoms with van der Waals surface area (Å²) in [5.41, 5.74) is 0. The largest absolute Gasteiger partial charge is 0.465 e. The highest BCUT2D eigenvalue weighted by atomic mass is 79.9. The average Bonchev–Trinajstić information content (AvgIpc) is 1.88. The van der Waals surface area contributed by atoms with Crippen molar-refractivity contribution in [2.45, 2.75) is 18.2 Å². The first-order chi connectivity index (χ1) is 4.68. The van der Waals surface area contributed by atoms with E-state index >= 15 is 0 Å². The van der Waals surface area contributed by atoms with E-state index < -0.39 is 0 Å². The minimum atomic E-state index is -0.284. The van der Waals surface area contributed by atoms with Crippen LogP contribution in [0.1, 0.15) is 13.3 Å². The Kier molecular flexibility index (Phi) is 5.63. The molecular formula is C6H11BrO3. The highest BCUT2D eigenvalue weighted by Gasteiger charge is 2.08. The van der Waals surface area contributed by atoms with Gasteiger partial charge in [0.25, 0.3) is 0 Å². The summed E-state index contributed by atoms with van der Waals surface area (Å²) < 4.78 is 4.70. The molecule has 0 rings (SSSR count). The number of halogens is 1. The second kappa shape index (κ2) is 5.68. The standard InChI is InChI=1S/C6H11BrO3/c1-5(7)6(9)10-4-2-3-8/h5,8H,2-4H2,1H3. The Morgan fingerprint density at radius 1 is 1.80 bits per heavy atom. The summed E-state index contributed by atoms with van der Waals surface area (Å²) in [4.78, 5) is 10.4. The normalized spacial score (nSPS) is 12.7. The van der Waals surface area contributed by atoms with Gasteiger partial charge in [0.05, 0.1) is 6.61 Å². The molecule has 1 N–H and O–H groups in total. The van der Waals surface area contributed by atoms with E-state index in [9.17, 15) is 4.79 Å². The molecule has 0 bridgehead atoms. The Bertz CT molecular complexity index is 103. The zero-order valence-electron chi connectivity index (χ0n) is 5.84. The van der Waals surface area contributed by atoms with Gasteiger partial charge in [-0.2, -0.15) is 0 Å². The van der Waals surface area contributed by atoms with Gasteiger partial charge >= 0.3 is 5.97 Å². The molecular weight excluding hydrogens is 200 g/mol. The van der Waals surface area contributed by atoms with Crippen LogP contribution in [0.15, 0.2) is 0 Å². The van der Waals surface area contributed by atoms with Crippen molar-refractivity contribution in [3.63, 3.8) is 0 Å². The number of ether oxygens (including phenoxy) is 1. The van der Waals surface area contributed by atoms with Gasteiger partial charge in [0, 0.05) is 13.0 Å². The van der Waals surface area contributed by atoms with Gasteiger partial charge in [-0.15, -0.1) is 0 Å². The molecule has 0 aliphatic heterocycles. The molecule has 0 saturated carbocycles. The smallest absolute Gasteiger partial charge is 0.319 e. The number of esters is 1. The third kappa shape index (κ3) is 4.76. The molecule has 1 atom stereocenters. The molecule has 0 aromatic rings. The molecule has 0 aliphatic rings. The van der Waals surface area contributed by atoms with Crippen LogP contribution in [0.4, 0.5) is 0 Å². The van der Waals surface area contributed by atoms with Crippen LogP contribution in [-0.2, 0) is 9.53 Å². The van der Waals surface area contributed by atoms with Crippen LogP contribution in [0.3, 0.4) is 0 Å². The van der Waals surface area contributed by atoms with E-state index in [0.717, 1.165) is 0 Å². The third-order valence-corrected chi connectivity index (χ3v) is 1.25. The molecule has 0 aromatic heterocycles. The summed E-state index contributed by atoms with van der Waals surface area (Å²) in [5.74, 6) is -0.284. The van der Waals surface area contributed by atoms with Crippen LogP contribution >= 0.6 is 15.9 Å². The zero-order valence-corrected chi connectivity index (χ0v) is 7.43. The number of carbonyl (C=O) groups is 1. The predicted octanol–water partition coefficient (Wildman–Crippen LogP) is 0.695. The lowest BCUT2D eigenvalue weighted by atomic mass is 10.5. The van der Waals surface area contributed by atoms with Gasteiger partial charge in [-0.05, 0) is 6.92 Å². The van der Waals surface area contributed by atoms with E-state index in [1.807, 2.05) is 0 Å². The van der Waals surface area contributed by atoms with Crippen molar-refractivity contribution in [2.24, 2.45) is 0 Å². The topological polar surface area (TPSA) is 46.5 Å². The minimum absolute atomic E-state index is 0.0595. The summed E-state index contributed by atoms with van der Waals surface area (Å²) in [7, 11) is 0. The van der Waals surface area contributed by atoms with Crippen LogP contribution in [0.2, 0.25) is 0 Å². The SMILES string of the molecule is CC(Br)C(=O)OCCCO. The highest BCUT2D eigenvalue weighted by molar-refractivity contribution is 9.10. The van der Waals surface area contributed by atoms with Crippen LogP contribution in [-0.4, -0.2) is 29.1 Å². The van der Waals surface area contributed by atoms with Crippen molar-refractivity contribution in [3.05, 3.63) is 0 Å². The molecule has 0 aliphatic carbocycles. The maximum Gasteiger partial charge on any atom is 0.319 e. The van der Waals surface area contributed by atoms with E-state index in [0.29, 0.717) is 13.0 Å². The Morgan fingerprint density at radius 2 is 2.40 bits per heavy atom. The number of rotatable bonds is 4. The Morgan fingerprint density at radius 3 is 2.80 bits per heavy atom. The van der Waals surface area contributed by atoms with E-state index in [4.69, 9.17) is 9.84 Å². The second-order valence-electron chi connectivity index (χ2n) is 1.86. The molecule has 4 heteroatoms. The molecule has 0 aromatic carbocycles. The monoisotopic (exact) mass is 210 g/mol. The van der Waals surface area contributed by atoms with Crippen LogP contribution in [0.25, 0.3) is 0 Å². The fraction of sp³-hybridized carbons (Fsp3) is 0.833. The Balaban J connectivity index is 3.22. The van der Waals surface area contributed by atoms with E-state index in [-0.39, 0.29) is 17.4 Å². The lowest BCUT2D eigenvalue weighted by Gasteiger charge is -2.03. The molecule has 0 saturated heterocycles. The lowest BCUT2D eigenvalue weighted by molar-refractivity contribution is -0.142. The first-order valence-electron chi connectivity index (χ1n) is 3.10. The van der Waals surface area contributed by atoms with Gasteiger partial charge in [0.15, 0.2) is 0 Å². The number of hydrogen-bond acceptors (Lipinski definition) is 3. The molecule has 0 spiro atoms. The molecule has 0 radical (unpaired) electrons. The van der Waals surface area contributed by atoms with Crippen LogP contribution in [0, 0.1) is 0 Å². The summed E-state index contributed by atoms with van der Waals surface area (Å²) in [6.45, 7) is 2.05. The maximum absolute atomic E-state index is 10.7. The number of aliphatic hydroxyl groups excluding tert-OH is 1. The Hall–Kier alpha value is -0.0900. The molecule has 3 nitrogen and oxygen atoms in total. The average molecular weight is 211 g/mol. The van der Waals surface area contributed by atoms with E-state index in [1.54, 1.807) is 6.92 Å². The molecule has 1 unspecified atom stereocenters. The fourth-order valence-corrected chi connectivity index (χ4v) is 0.484. The number of carbonyl (C=O) groups excluding carboxylic acids is 1. The number of alkyl halides is 1. The van der Waals surface area contributed by atoms with Crippen LogP contribution in [0.5, 0.6) is 0 Å². The van der Waals surface area contributed by atoms with Crippen molar-refractivity contribution >= 4 is 21.9 Å². The van der Waals surface area contributed by atoms with Gasteiger partial charge < -0.3 is 9.84 Å². The lowest BCUT2D eigenvalue weighted by Crippen LogP contribution is -2.14. The van der Waals surface area contributed by atoms with Crippen molar-refractivity contribution in [2.75, 3.05) is 13.2 Å². The van der Waals surface area contributed by atoms with Gasteiger partial charge in [-0.3, -0.25) is 4.79 Å². The number of hydrogen-bond donors (Lipinski definition) is 1. The number of aliphatic hydroxyl groups is 1. The van der Waals surface area contributed by atoms with Crippen LogP contribution < -0.4 is 0 Å². The van der Waals surface area contributed by atoms with E-state index in [1.165, 1.54) is 0 Å². The summed E-state index contributed by atoms with van der Waals surface area (Å²) >= 11 is 3.05. The van der Waals surface area contributed by atoms with Crippen molar-refractivity contribution in [3.8, 4) is 0 Å². The quantitative estimate of drug-likeness (QED) is 0.423. The van der Waals surface area contributed by atoms with E-state index in [2.05, 4.69) is 15.9 Å². The first kappa shape index (κ1) is 9.91. The highest BCUT2D eigenvalue weighted by Crippen LogP contribution is 1.99. The molecule has 0 amide bonds. The molecule has 0 heterocycles. The molecule has 60 valence electrons. The van der Waals surface area contributed by atoms with Gasteiger partial charge in [-0.1, -0.05) is 15.9 Å². The second-order valence-corrected chi connectivity index (χ2v) is 3.23. The minimum Gasteiger partial charge on any atom is -0.465 e. The summed E-state index contributed by atoms with van der Waals surface area (Å²) in [5, 5.41) is 8.31. The summed E-state index contributed by atoms with van der Waals surface area (Å²) in [6, 6.07) is 0. The molecule has 10 heavy (non-hydrogen) atoms. The molecule has 0 fully saturated rings. The fourth-order valence-electron chi connectivity index (χ4n) is 0.352. The zero-order chi connectivity index (χ0) is 7.98. The summed E-state index contributed by atoms with van der Waals surface area (Å²) in [6.07, 6.45) is 0.505. The Labute approximate surface area is 68.5 Å². The predicted molar refractivity (Wildman–Crippen MR) is 41.1 cm³/mol. The maximum atomic E-state index is 10.7. The van der Waals surface area contributed by atoms with Crippen molar-refractivity contribution in [1.29, 1.82) is 0 Å². The first-order valence-corrected chi connectivity index (χ1v) is 4.01. The van der Waals surface area contributed by atoms with Crippen molar-refractivity contribution in [1.82, 2.24) is 0 Å². The van der Waals surface area contributed by atoms with Gasteiger partial charge in [0.1, 0.15) is 4.83 Å². The van der Waals surface area contributed by atoms with Gasteiger partial charge in [0.2, 0.25) is 0 Å². The van der Waals surface area contributed by atoms with Crippen molar-refractivity contribution < 1.29 is 14.6 Å². The third-order valence-electron chi connectivity index (χ3n) is 0.872. The van der Waals surface area contributed by atoms with Gasteiger partial charge in [-0.25, -0.2) is 0 Å².